The molecule has 0 radical (unpaired) electrons. The second-order valence-electron chi connectivity index (χ2n) is 3.50. The number of halogens is 2. The second-order valence-corrected chi connectivity index (χ2v) is 3.91. The summed E-state index contributed by atoms with van der Waals surface area (Å²) in [5.74, 6) is -0.227. The number of hydrogen-bond donors (Lipinski definition) is 0. The number of nitrogens with zero attached hydrogens (tertiary/aromatic N) is 2. The Labute approximate surface area is 117 Å². The summed E-state index contributed by atoms with van der Waals surface area (Å²) in [6.07, 6.45) is 3.64. The highest BCUT2D eigenvalue weighted by Crippen LogP contribution is 2.23. The molecule has 1 heterocycles. The first-order valence-corrected chi connectivity index (χ1v) is 5.57. The molecule has 2 aromatic rings. The summed E-state index contributed by atoms with van der Waals surface area (Å²) in [5, 5.41) is 12.2. The van der Waals surface area contributed by atoms with Crippen LogP contribution in [0.25, 0.3) is 0 Å². The number of aliphatic imine (C=N–C) groups is 1. The van der Waals surface area contributed by atoms with Crippen molar-refractivity contribution in [3.63, 3.8) is 0 Å². The zero-order valence-corrected chi connectivity index (χ0v) is 11.1. The topological polar surface area (TPSA) is 39.3 Å². The van der Waals surface area contributed by atoms with Crippen LogP contribution in [0.2, 0.25) is 5.02 Å². The minimum Gasteiger partial charge on any atom is -0.857 e. The van der Waals surface area contributed by atoms with Crippen molar-refractivity contribution < 1.29 is 9.67 Å². The number of pyridine rings is 1. The van der Waals surface area contributed by atoms with Gasteiger partial charge in [0.15, 0.2) is 18.9 Å². The summed E-state index contributed by atoms with van der Waals surface area (Å²) < 4.78 is 1.77. The lowest BCUT2D eigenvalue weighted by Crippen LogP contribution is -2.41. The minimum atomic E-state index is -0.227. The normalized spacial score (nSPS) is 10.8. The first-order valence-electron chi connectivity index (χ1n) is 5.19. The molecular formula is C13H12Cl2N2O. The summed E-state index contributed by atoms with van der Waals surface area (Å²) in [4.78, 5) is 3.96. The fraction of sp³-hybridized carbons (Fsp3) is 0.0769. The number of para-hydroxylation sites is 1. The quantitative estimate of drug-likeness (QED) is 0.483. The number of hydrogen-bond acceptors (Lipinski definition) is 2. The van der Waals surface area contributed by atoms with Crippen LogP contribution in [0.4, 0.5) is 5.69 Å². The van der Waals surface area contributed by atoms with Crippen LogP contribution < -0.4 is 9.67 Å². The Kier molecular flexibility index (Phi) is 5.62. The maximum absolute atomic E-state index is 11.7. The summed E-state index contributed by atoms with van der Waals surface area (Å²) in [7, 11) is 0. The van der Waals surface area contributed by atoms with E-state index in [9.17, 15) is 5.11 Å². The summed E-state index contributed by atoms with van der Waals surface area (Å²) >= 11 is 5.92. The zero-order chi connectivity index (χ0) is 12.1. The molecule has 0 aliphatic rings. The predicted octanol–water partition coefficient (Wildman–Crippen LogP) is 2.14. The van der Waals surface area contributed by atoms with Crippen LogP contribution in [-0.2, 0) is 6.54 Å². The molecule has 18 heavy (non-hydrogen) atoms. The lowest BCUT2D eigenvalue weighted by Gasteiger charge is -2.07. The van der Waals surface area contributed by atoms with Crippen LogP contribution in [0.3, 0.4) is 0 Å². The molecule has 5 heteroatoms. The van der Waals surface area contributed by atoms with Crippen molar-refractivity contribution in [2.45, 2.75) is 6.54 Å². The van der Waals surface area contributed by atoms with Crippen molar-refractivity contribution in [1.82, 2.24) is 0 Å². The largest absolute Gasteiger partial charge is 0.857 e. The average molecular weight is 283 g/mol. The van der Waals surface area contributed by atoms with Crippen molar-refractivity contribution in [3.05, 3.63) is 59.9 Å². The average Bonchev–Trinajstić information content (AvgIpc) is 2.33. The Bertz CT molecular complexity index is 530. The van der Waals surface area contributed by atoms with E-state index in [1.54, 1.807) is 28.8 Å². The monoisotopic (exact) mass is 282 g/mol. The number of aromatic nitrogens is 1. The van der Waals surface area contributed by atoms with Crippen molar-refractivity contribution in [3.8, 4) is 0 Å². The van der Waals surface area contributed by atoms with E-state index in [-0.39, 0.29) is 24.8 Å². The first-order chi connectivity index (χ1) is 8.25. The third kappa shape index (κ3) is 4.02. The van der Waals surface area contributed by atoms with E-state index in [0.29, 0.717) is 10.7 Å². The highest BCUT2D eigenvalue weighted by molar-refractivity contribution is 6.33. The minimum absolute atomic E-state index is 0. The van der Waals surface area contributed by atoms with Crippen LogP contribution in [0.5, 0.6) is 0 Å². The molecule has 0 saturated carbocycles. The van der Waals surface area contributed by atoms with Crippen LogP contribution in [-0.4, -0.2) is 5.90 Å². The SMILES string of the molecule is Cl.[O-]C(C[n+]1ccccc1)=Nc1ccccc1Cl. The summed E-state index contributed by atoms with van der Waals surface area (Å²) in [6.45, 7) is 0.214. The Balaban J connectivity index is 0.00000162. The van der Waals surface area contributed by atoms with E-state index in [4.69, 9.17) is 11.6 Å². The molecule has 0 spiro atoms. The van der Waals surface area contributed by atoms with Crippen molar-refractivity contribution in [2.24, 2.45) is 4.99 Å². The van der Waals surface area contributed by atoms with E-state index in [2.05, 4.69) is 4.99 Å². The van der Waals surface area contributed by atoms with Crippen LogP contribution in [0.1, 0.15) is 0 Å². The molecule has 0 unspecified atom stereocenters. The van der Waals surface area contributed by atoms with Crippen molar-refractivity contribution in [1.29, 1.82) is 0 Å². The molecule has 1 aromatic heterocycles. The van der Waals surface area contributed by atoms with Crippen LogP contribution >= 0.6 is 24.0 Å². The molecule has 0 amide bonds. The number of rotatable bonds is 3. The fourth-order valence-electron chi connectivity index (χ4n) is 1.41. The summed E-state index contributed by atoms with van der Waals surface area (Å²) in [6, 6.07) is 12.7. The van der Waals surface area contributed by atoms with Gasteiger partial charge in [-0.05, 0) is 12.1 Å². The molecule has 0 N–H and O–H groups in total. The van der Waals surface area contributed by atoms with E-state index < -0.39 is 0 Å². The van der Waals surface area contributed by atoms with Crippen LogP contribution in [0.15, 0.2) is 59.9 Å². The Hall–Kier alpha value is -1.58. The highest BCUT2D eigenvalue weighted by atomic mass is 35.5. The highest BCUT2D eigenvalue weighted by Gasteiger charge is 1.99. The third-order valence-electron chi connectivity index (χ3n) is 2.19. The molecule has 94 valence electrons. The van der Waals surface area contributed by atoms with Gasteiger partial charge in [0.2, 0.25) is 0 Å². The predicted molar refractivity (Wildman–Crippen MR) is 72.4 cm³/mol. The molecule has 0 fully saturated rings. The lowest BCUT2D eigenvalue weighted by atomic mass is 10.3. The van der Waals surface area contributed by atoms with E-state index >= 15 is 0 Å². The second kappa shape index (κ2) is 6.99. The third-order valence-corrected chi connectivity index (χ3v) is 2.51. The Morgan fingerprint density at radius 3 is 2.44 bits per heavy atom. The van der Waals surface area contributed by atoms with Gasteiger partial charge in [0, 0.05) is 18.0 Å². The van der Waals surface area contributed by atoms with E-state index in [1.807, 2.05) is 30.6 Å². The van der Waals surface area contributed by atoms with Crippen LogP contribution in [0, 0.1) is 0 Å². The maximum Gasteiger partial charge on any atom is 0.176 e. The van der Waals surface area contributed by atoms with Gasteiger partial charge in [-0.1, -0.05) is 29.8 Å². The molecular weight excluding hydrogens is 271 g/mol. The summed E-state index contributed by atoms with van der Waals surface area (Å²) in [5.41, 5.74) is 0.510. The van der Waals surface area contributed by atoms with Gasteiger partial charge >= 0.3 is 0 Å². The van der Waals surface area contributed by atoms with Crippen molar-refractivity contribution >= 4 is 35.6 Å². The Morgan fingerprint density at radius 2 is 1.78 bits per heavy atom. The van der Waals surface area contributed by atoms with E-state index in [0.717, 1.165) is 0 Å². The van der Waals surface area contributed by atoms with Gasteiger partial charge in [-0.2, -0.15) is 0 Å². The maximum atomic E-state index is 11.7. The molecule has 0 aliphatic carbocycles. The molecule has 0 aliphatic heterocycles. The zero-order valence-electron chi connectivity index (χ0n) is 9.49. The molecule has 1 aromatic carbocycles. The number of benzene rings is 1. The Morgan fingerprint density at radius 1 is 1.11 bits per heavy atom. The van der Waals surface area contributed by atoms with Gasteiger partial charge < -0.3 is 5.11 Å². The smallest absolute Gasteiger partial charge is 0.176 e. The molecule has 0 atom stereocenters. The van der Waals surface area contributed by atoms with Gasteiger partial charge in [-0.3, -0.25) is 4.99 Å². The molecule has 3 nitrogen and oxygen atoms in total. The molecule has 0 saturated heterocycles. The van der Waals surface area contributed by atoms with Gasteiger partial charge in [-0.15, -0.1) is 12.4 Å². The van der Waals surface area contributed by atoms with Gasteiger partial charge in [0.1, 0.15) is 0 Å². The van der Waals surface area contributed by atoms with Gasteiger partial charge in [-0.25, -0.2) is 4.57 Å². The molecule has 0 bridgehead atoms. The fourth-order valence-corrected chi connectivity index (χ4v) is 1.59. The molecule has 2 rings (SSSR count). The first kappa shape index (κ1) is 14.5. The standard InChI is InChI=1S/C13H11ClN2O.ClH/c14-11-6-2-3-7-12(11)15-13(17)10-16-8-4-1-5-9-16;/h1-9H,10H2;1H. The van der Waals surface area contributed by atoms with E-state index in [1.165, 1.54) is 0 Å². The lowest BCUT2D eigenvalue weighted by molar-refractivity contribution is -0.687. The van der Waals surface area contributed by atoms with Gasteiger partial charge in [0.25, 0.3) is 0 Å². The van der Waals surface area contributed by atoms with Gasteiger partial charge in [0.05, 0.1) is 10.7 Å². The van der Waals surface area contributed by atoms with Crippen molar-refractivity contribution in [2.75, 3.05) is 0 Å².